The number of aromatic nitrogens is 1. The molecule has 7 heteroatoms. The second kappa shape index (κ2) is 9.68. The van der Waals surface area contributed by atoms with Crippen LogP contribution >= 0.6 is 0 Å². The zero-order chi connectivity index (χ0) is 19.8. The van der Waals surface area contributed by atoms with Gasteiger partial charge in [-0.2, -0.15) is 0 Å². The quantitative estimate of drug-likeness (QED) is 0.554. The molecule has 2 aromatic rings. The van der Waals surface area contributed by atoms with Gasteiger partial charge in [-0.05, 0) is 49.4 Å². The van der Waals surface area contributed by atoms with Crippen LogP contribution in [0.3, 0.4) is 0 Å². The van der Waals surface area contributed by atoms with Crippen molar-refractivity contribution in [2.45, 2.75) is 45.3 Å². The standard InChI is InChI=1S/C20H27N5O2/c1-13-10-18(22)23-11-16(13)12-24-19(26)14(2)25-20(27)17(21)9-8-15-6-4-3-5-7-15/h3-7,10-11,14,17H,8-9,12,21H2,1-2H3,(H2,22,23)(H,24,26)(H,25,27). The van der Waals surface area contributed by atoms with Crippen molar-refractivity contribution in [2.75, 3.05) is 5.73 Å². The van der Waals surface area contributed by atoms with Crippen LogP contribution in [0.1, 0.15) is 30.0 Å². The van der Waals surface area contributed by atoms with Gasteiger partial charge < -0.3 is 22.1 Å². The highest BCUT2D eigenvalue weighted by Crippen LogP contribution is 2.09. The molecule has 6 N–H and O–H groups in total. The fraction of sp³-hybridized carbons (Fsp3) is 0.350. The number of nitrogen functional groups attached to an aromatic ring is 1. The lowest BCUT2D eigenvalue weighted by molar-refractivity contribution is -0.129. The van der Waals surface area contributed by atoms with Gasteiger partial charge in [-0.1, -0.05) is 30.3 Å². The molecule has 0 aliphatic carbocycles. The van der Waals surface area contributed by atoms with Crippen LogP contribution in [0.15, 0.2) is 42.6 Å². The summed E-state index contributed by atoms with van der Waals surface area (Å²) in [4.78, 5) is 28.4. The number of hydrogen-bond acceptors (Lipinski definition) is 5. The third-order valence-corrected chi connectivity index (χ3v) is 4.37. The van der Waals surface area contributed by atoms with Gasteiger partial charge in [0, 0.05) is 12.7 Å². The zero-order valence-corrected chi connectivity index (χ0v) is 15.7. The minimum absolute atomic E-state index is 0.283. The Kier molecular flexibility index (Phi) is 7.31. The van der Waals surface area contributed by atoms with Crippen molar-refractivity contribution < 1.29 is 9.59 Å². The normalized spacial score (nSPS) is 12.9. The van der Waals surface area contributed by atoms with Gasteiger partial charge in [0.1, 0.15) is 11.9 Å². The van der Waals surface area contributed by atoms with E-state index >= 15 is 0 Å². The summed E-state index contributed by atoms with van der Waals surface area (Å²) in [5.74, 6) is -0.179. The van der Waals surface area contributed by atoms with Crippen LogP contribution in [-0.4, -0.2) is 28.9 Å². The molecule has 0 saturated carbocycles. The van der Waals surface area contributed by atoms with Crippen molar-refractivity contribution in [1.82, 2.24) is 15.6 Å². The van der Waals surface area contributed by atoms with E-state index in [1.54, 1.807) is 19.2 Å². The maximum absolute atomic E-state index is 12.2. The third kappa shape index (κ3) is 6.38. The van der Waals surface area contributed by atoms with Crippen LogP contribution < -0.4 is 22.1 Å². The first-order chi connectivity index (χ1) is 12.9. The molecule has 2 atom stereocenters. The number of nitrogens with one attached hydrogen (secondary N) is 2. The molecule has 1 aromatic carbocycles. The predicted octanol–water partition coefficient (Wildman–Crippen LogP) is 1.05. The lowest BCUT2D eigenvalue weighted by Gasteiger charge is -2.18. The van der Waals surface area contributed by atoms with Crippen LogP contribution in [0.4, 0.5) is 5.82 Å². The van der Waals surface area contributed by atoms with Gasteiger partial charge in [0.05, 0.1) is 6.04 Å². The molecule has 0 aliphatic heterocycles. The third-order valence-electron chi connectivity index (χ3n) is 4.37. The average Bonchev–Trinajstić information content (AvgIpc) is 2.65. The predicted molar refractivity (Wildman–Crippen MR) is 106 cm³/mol. The van der Waals surface area contributed by atoms with Crippen LogP contribution in [0, 0.1) is 6.92 Å². The fourth-order valence-corrected chi connectivity index (χ4v) is 2.61. The second-order valence-corrected chi connectivity index (χ2v) is 6.61. The van der Waals surface area contributed by atoms with E-state index in [1.165, 1.54) is 0 Å². The van der Waals surface area contributed by atoms with Gasteiger partial charge in [-0.25, -0.2) is 4.98 Å². The Morgan fingerprint density at radius 2 is 1.89 bits per heavy atom. The number of carbonyl (C=O) groups excluding carboxylic acids is 2. The molecular formula is C20H27N5O2. The molecule has 7 nitrogen and oxygen atoms in total. The average molecular weight is 369 g/mol. The first-order valence-corrected chi connectivity index (χ1v) is 8.95. The number of rotatable bonds is 8. The van der Waals surface area contributed by atoms with E-state index in [0.29, 0.717) is 25.2 Å². The van der Waals surface area contributed by atoms with E-state index in [0.717, 1.165) is 16.7 Å². The molecule has 2 rings (SSSR count). The van der Waals surface area contributed by atoms with Crippen molar-refractivity contribution in [2.24, 2.45) is 5.73 Å². The summed E-state index contributed by atoms with van der Waals surface area (Å²) in [6.45, 7) is 3.85. The molecule has 0 saturated heterocycles. The molecule has 0 aliphatic rings. The number of carbonyl (C=O) groups is 2. The highest BCUT2D eigenvalue weighted by Gasteiger charge is 2.20. The number of aryl methyl sites for hydroxylation is 2. The summed E-state index contributed by atoms with van der Waals surface area (Å²) in [6.07, 6.45) is 2.85. The van der Waals surface area contributed by atoms with Gasteiger partial charge in [0.2, 0.25) is 11.8 Å². The van der Waals surface area contributed by atoms with Crippen molar-refractivity contribution in [1.29, 1.82) is 0 Å². The molecule has 0 fully saturated rings. The topological polar surface area (TPSA) is 123 Å². The smallest absolute Gasteiger partial charge is 0.242 e. The van der Waals surface area contributed by atoms with Gasteiger partial charge in [-0.15, -0.1) is 0 Å². The SMILES string of the molecule is Cc1cc(N)ncc1CNC(=O)C(C)NC(=O)C(N)CCc1ccccc1. The maximum Gasteiger partial charge on any atom is 0.242 e. The summed E-state index contributed by atoms with van der Waals surface area (Å²) >= 11 is 0. The molecule has 0 radical (unpaired) electrons. The Bertz CT molecular complexity index is 779. The Hall–Kier alpha value is -2.93. The van der Waals surface area contributed by atoms with E-state index in [4.69, 9.17) is 11.5 Å². The zero-order valence-electron chi connectivity index (χ0n) is 15.7. The molecule has 2 amide bonds. The first-order valence-electron chi connectivity index (χ1n) is 8.95. The van der Waals surface area contributed by atoms with Crippen molar-refractivity contribution in [3.05, 3.63) is 59.3 Å². The van der Waals surface area contributed by atoms with Crippen LogP contribution in [0.2, 0.25) is 0 Å². The molecule has 0 bridgehead atoms. The summed E-state index contributed by atoms with van der Waals surface area (Å²) in [7, 11) is 0. The van der Waals surface area contributed by atoms with Gasteiger partial charge in [0.15, 0.2) is 0 Å². The molecule has 1 heterocycles. The lowest BCUT2D eigenvalue weighted by Crippen LogP contribution is -2.50. The van der Waals surface area contributed by atoms with Gasteiger partial charge >= 0.3 is 0 Å². The van der Waals surface area contributed by atoms with E-state index in [2.05, 4.69) is 15.6 Å². The van der Waals surface area contributed by atoms with Crippen molar-refractivity contribution in [3.63, 3.8) is 0 Å². The van der Waals surface area contributed by atoms with E-state index in [1.807, 2.05) is 37.3 Å². The fourth-order valence-electron chi connectivity index (χ4n) is 2.61. The molecular weight excluding hydrogens is 342 g/mol. The maximum atomic E-state index is 12.2. The molecule has 27 heavy (non-hydrogen) atoms. The molecule has 2 unspecified atom stereocenters. The number of hydrogen-bond donors (Lipinski definition) is 4. The van der Waals surface area contributed by atoms with Crippen LogP contribution in [-0.2, 0) is 22.6 Å². The van der Waals surface area contributed by atoms with E-state index in [9.17, 15) is 9.59 Å². The highest BCUT2D eigenvalue weighted by molar-refractivity contribution is 5.89. The van der Waals surface area contributed by atoms with Crippen LogP contribution in [0.5, 0.6) is 0 Å². The molecule has 1 aromatic heterocycles. The lowest BCUT2D eigenvalue weighted by atomic mass is 10.1. The van der Waals surface area contributed by atoms with Gasteiger partial charge in [-0.3, -0.25) is 9.59 Å². The number of nitrogens with zero attached hydrogens (tertiary/aromatic N) is 1. The Balaban J connectivity index is 1.77. The summed E-state index contributed by atoms with van der Waals surface area (Å²) in [5.41, 5.74) is 14.5. The molecule has 0 spiro atoms. The summed E-state index contributed by atoms with van der Waals surface area (Å²) < 4.78 is 0. The minimum atomic E-state index is -0.678. The number of anilines is 1. The Morgan fingerprint density at radius 1 is 1.19 bits per heavy atom. The number of amides is 2. The Labute approximate surface area is 159 Å². The summed E-state index contributed by atoms with van der Waals surface area (Å²) in [5, 5.41) is 5.45. The number of pyridine rings is 1. The molecule has 144 valence electrons. The van der Waals surface area contributed by atoms with Gasteiger partial charge in [0.25, 0.3) is 0 Å². The van der Waals surface area contributed by atoms with Crippen molar-refractivity contribution >= 4 is 17.6 Å². The second-order valence-electron chi connectivity index (χ2n) is 6.61. The van der Waals surface area contributed by atoms with Crippen LogP contribution in [0.25, 0.3) is 0 Å². The number of nitrogens with two attached hydrogens (primary N) is 2. The number of benzene rings is 1. The minimum Gasteiger partial charge on any atom is -0.384 e. The monoisotopic (exact) mass is 369 g/mol. The largest absolute Gasteiger partial charge is 0.384 e. The Morgan fingerprint density at radius 3 is 2.56 bits per heavy atom. The first kappa shape index (κ1) is 20.4. The van der Waals surface area contributed by atoms with E-state index in [-0.39, 0.29) is 11.8 Å². The summed E-state index contributed by atoms with van der Waals surface area (Å²) in [6, 6.07) is 10.2. The van der Waals surface area contributed by atoms with E-state index < -0.39 is 12.1 Å². The highest BCUT2D eigenvalue weighted by atomic mass is 16.2. The van der Waals surface area contributed by atoms with Crippen molar-refractivity contribution in [3.8, 4) is 0 Å².